The van der Waals surface area contributed by atoms with E-state index >= 15 is 0 Å². The van der Waals surface area contributed by atoms with Crippen molar-refractivity contribution in [2.24, 2.45) is 0 Å². The van der Waals surface area contributed by atoms with Crippen molar-refractivity contribution < 1.29 is 0 Å². The topological polar surface area (TPSA) is 0 Å². The van der Waals surface area contributed by atoms with Gasteiger partial charge in [-0.05, 0) is 10.8 Å². The molecule has 0 amide bonds. The third-order valence-corrected chi connectivity index (χ3v) is 3.36. The summed E-state index contributed by atoms with van der Waals surface area (Å²) in [5.41, 5.74) is 1.17. The van der Waals surface area contributed by atoms with Crippen LogP contribution in [-0.4, -0.2) is 8.11 Å². The number of rotatable bonds is 2. The van der Waals surface area contributed by atoms with Gasteiger partial charge >= 0.3 is 0 Å². The summed E-state index contributed by atoms with van der Waals surface area (Å²) >= 11 is 6.04. The Morgan fingerprint density at radius 1 is 1.45 bits per heavy atom. The Hall–Kier alpha value is -0.533. The molecule has 0 aliphatic carbocycles. The summed E-state index contributed by atoms with van der Waals surface area (Å²) in [5, 5.41) is 1.24. The van der Waals surface area contributed by atoms with E-state index in [1.54, 1.807) is 0 Å². The zero-order valence-electron chi connectivity index (χ0n) is 6.47. The van der Waals surface area contributed by atoms with Gasteiger partial charge in [0.05, 0.1) is 0 Å². The average Bonchev–Trinajstić information content (AvgIpc) is 2.04. The van der Waals surface area contributed by atoms with Crippen molar-refractivity contribution in [1.82, 2.24) is 0 Å². The van der Waals surface area contributed by atoms with E-state index in [1.165, 1.54) is 10.8 Å². The van der Waals surface area contributed by atoms with Crippen LogP contribution in [0.15, 0.2) is 30.8 Å². The van der Waals surface area contributed by atoms with Crippen LogP contribution in [0.5, 0.6) is 0 Å². The summed E-state index contributed by atoms with van der Waals surface area (Å²) in [7, 11) is -0.853. The summed E-state index contributed by atoms with van der Waals surface area (Å²) in [6.45, 7) is 5.80. The van der Waals surface area contributed by atoms with E-state index in [0.29, 0.717) is 0 Å². The summed E-state index contributed by atoms with van der Waals surface area (Å²) < 4.78 is 0. The van der Waals surface area contributed by atoms with Gasteiger partial charge in [0.15, 0.2) is 8.11 Å². The van der Waals surface area contributed by atoms with Gasteiger partial charge < -0.3 is 0 Å². The Bertz CT molecular complexity index is 255. The second kappa shape index (κ2) is 3.74. The SMILES string of the molecule is C=Cc1ccccc1[Si](C)Cl. The molecule has 0 unspecified atom stereocenters. The first-order valence-electron chi connectivity index (χ1n) is 3.46. The number of halogens is 1. The fourth-order valence-electron chi connectivity index (χ4n) is 0.989. The maximum absolute atomic E-state index is 6.04. The lowest BCUT2D eigenvalue weighted by Crippen LogP contribution is -2.22. The van der Waals surface area contributed by atoms with Gasteiger partial charge in [0.2, 0.25) is 0 Å². The highest BCUT2D eigenvalue weighted by atomic mass is 35.6. The molecule has 0 aliphatic rings. The molecule has 0 aliphatic heterocycles. The minimum atomic E-state index is -0.853. The highest BCUT2D eigenvalue weighted by molar-refractivity contribution is 7.13. The molecule has 0 nitrogen and oxygen atoms in total. The lowest BCUT2D eigenvalue weighted by Gasteiger charge is -2.04. The normalized spacial score (nSPS) is 10.1. The van der Waals surface area contributed by atoms with Crippen molar-refractivity contribution in [2.45, 2.75) is 6.55 Å². The standard InChI is InChI=1S/C9H10ClSi/c1-3-8-6-4-5-7-9(8)11(2)10/h3-7H,1H2,2H3. The highest BCUT2D eigenvalue weighted by Gasteiger charge is 2.06. The van der Waals surface area contributed by atoms with E-state index in [1.807, 2.05) is 24.3 Å². The maximum atomic E-state index is 6.04. The zero-order valence-corrected chi connectivity index (χ0v) is 8.23. The first-order valence-corrected chi connectivity index (χ1v) is 6.48. The molecule has 1 radical (unpaired) electrons. The molecule has 1 aromatic rings. The molecule has 2 heteroatoms. The van der Waals surface area contributed by atoms with E-state index in [0.717, 1.165) is 0 Å². The molecule has 57 valence electrons. The molecule has 0 N–H and O–H groups in total. The van der Waals surface area contributed by atoms with E-state index in [-0.39, 0.29) is 0 Å². The summed E-state index contributed by atoms with van der Waals surface area (Å²) in [6, 6.07) is 8.12. The number of hydrogen-bond acceptors (Lipinski definition) is 0. The van der Waals surface area contributed by atoms with Gasteiger partial charge in [-0.3, -0.25) is 0 Å². The van der Waals surface area contributed by atoms with Crippen LogP contribution in [0.3, 0.4) is 0 Å². The Morgan fingerprint density at radius 3 is 2.55 bits per heavy atom. The fraction of sp³-hybridized carbons (Fsp3) is 0.111. The second-order valence-electron chi connectivity index (χ2n) is 2.32. The Balaban J connectivity index is 3.12. The van der Waals surface area contributed by atoms with E-state index < -0.39 is 8.11 Å². The Kier molecular flexibility index (Phi) is 2.91. The van der Waals surface area contributed by atoms with Crippen LogP contribution in [0.2, 0.25) is 6.55 Å². The molecule has 11 heavy (non-hydrogen) atoms. The maximum Gasteiger partial charge on any atom is 0.197 e. The molecule has 0 aromatic heterocycles. The average molecular weight is 182 g/mol. The quantitative estimate of drug-likeness (QED) is 0.486. The molecule has 0 bridgehead atoms. The van der Waals surface area contributed by atoms with Crippen molar-refractivity contribution in [3.63, 3.8) is 0 Å². The van der Waals surface area contributed by atoms with Gasteiger partial charge in [0.25, 0.3) is 0 Å². The predicted octanol–water partition coefficient (Wildman–Crippen LogP) is 2.40. The van der Waals surface area contributed by atoms with Crippen molar-refractivity contribution in [2.75, 3.05) is 0 Å². The smallest absolute Gasteiger partial charge is 0.163 e. The Labute approximate surface area is 73.8 Å². The van der Waals surface area contributed by atoms with Gasteiger partial charge in [0, 0.05) is 0 Å². The second-order valence-corrected chi connectivity index (χ2v) is 5.63. The van der Waals surface area contributed by atoms with Gasteiger partial charge in [-0.2, -0.15) is 11.1 Å². The molecule has 1 rings (SSSR count). The minimum Gasteiger partial charge on any atom is -0.163 e. The van der Waals surface area contributed by atoms with Crippen LogP contribution in [0.25, 0.3) is 6.08 Å². The first-order chi connectivity index (χ1) is 5.25. The van der Waals surface area contributed by atoms with Crippen LogP contribution < -0.4 is 5.19 Å². The third kappa shape index (κ3) is 1.95. The highest BCUT2D eigenvalue weighted by Crippen LogP contribution is 2.01. The Morgan fingerprint density at radius 2 is 2.09 bits per heavy atom. The molecular formula is C9H10ClSi. The van der Waals surface area contributed by atoms with Gasteiger partial charge in [-0.15, -0.1) is 0 Å². The number of benzene rings is 1. The summed E-state index contributed by atoms with van der Waals surface area (Å²) in [6.07, 6.45) is 1.85. The lowest BCUT2D eigenvalue weighted by molar-refractivity contribution is 1.71. The number of hydrogen-bond donors (Lipinski definition) is 0. The molecule has 0 heterocycles. The summed E-state index contributed by atoms with van der Waals surface area (Å²) in [4.78, 5) is 0. The molecule has 0 atom stereocenters. The van der Waals surface area contributed by atoms with Crippen molar-refractivity contribution in [3.05, 3.63) is 36.4 Å². The molecule has 1 aromatic carbocycles. The molecule has 0 saturated heterocycles. The molecule has 0 saturated carbocycles. The van der Waals surface area contributed by atoms with Crippen LogP contribution in [0.1, 0.15) is 5.56 Å². The fourth-order valence-corrected chi connectivity index (χ4v) is 2.41. The van der Waals surface area contributed by atoms with Crippen LogP contribution >= 0.6 is 11.1 Å². The van der Waals surface area contributed by atoms with E-state index in [2.05, 4.69) is 19.2 Å². The molecular weight excluding hydrogens is 172 g/mol. The van der Waals surface area contributed by atoms with Crippen LogP contribution in [0, 0.1) is 0 Å². The van der Waals surface area contributed by atoms with Crippen molar-refractivity contribution >= 4 is 30.4 Å². The molecule has 0 fully saturated rings. The predicted molar refractivity (Wildman–Crippen MR) is 53.6 cm³/mol. The zero-order chi connectivity index (χ0) is 8.27. The van der Waals surface area contributed by atoms with Crippen molar-refractivity contribution in [1.29, 1.82) is 0 Å². The van der Waals surface area contributed by atoms with Crippen LogP contribution in [-0.2, 0) is 0 Å². The lowest BCUT2D eigenvalue weighted by atomic mass is 10.2. The molecule has 0 spiro atoms. The van der Waals surface area contributed by atoms with E-state index in [4.69, 9.17) is 11.1 Å². The first kappa shape index (κ1) is 8.56. The van der Waals surface area contributed by atoms with Gasteiger partial charge in [-0.25, -0.2) is 0 Å². The van der Waals surface area contributed by atoms with E-state index in [9.17, 15) is 0 Å². The monoisotopic (exact) mass is 181 g/mol. The van der Waals surface area contributed by atoms with Crippen molar-refractivity contribution in [3.8, 4) is 0 Å². The minimum absolute atomic E-state index is 0.853. The largest absolute Gasteiger partial charge is 0.197 e. The van der Waals surface area contributed by atoms with Gasteiger partial charge in [-0.1, -0.05) is 43.5 Å². The van der Waals surface area contributed by atoms with Gasteiger partial charge in [0.1, 0.15) is 0 Å². The third-order valence-electron chi connectivity index (χ3n) is 1.55. The summed E-state index contributed by atoms with van der Waals surface area (Å²) in [5.74, 6) is 0. The van der Waals surface area contributed by atoms with Crippen LogP contribution in [0.4, 0.5) is 0 Å².